The van der Waals surface area contributed by atoms with Gasteiger partial charge in [-0.3, -0.25) is 14.7 Å². The fourth-order valence-corrected chi connectivity index (χ4v) is 3.66. The van der Waals surface area contributed by atoms with Gasteiger partial charge in [0, 0.05) is 32.7 Å². The van der Waals surface area contributed by atoms with Gasteiger partial charge in [-0.05, 0) is 51.6 Å². The highest BCUT2D eigenvalue weighted by atomic mass is 127. The number of esters is 1. The second-order valence-corrected chi connectivity index (χ2v) is 7.28. The third-order valence-electron chi connectivity index (χ3n) is 5.54. The van der Waals surface area contributed by atoms with Gasteiger partial charge in [0.15, 0.2) is 5.96 Å². The number of ether oxygens (including phenoxy) is 1. The van der Waals surface area contributed by atoms with Crippen LogP contribution in [0.1, 0.15) is 39.5 Å². The third kappa shape index (κ3) is 6.58. The van der Waals surface area contributed by atoms with Crippen LogP contribution < -0.4 is 5.32 Å². The Morgan fingerprint density at radius 3 is 2.32 bits per heavy atom. The van der Waals surface area contributed by atoms with Crippen LogP contribution in [0.25, 0.3) is 0 Å². The summed E-state index contributed by atoms with van der Waals surface area (Å²) in [5.41, 5.74) is 0. The first-order chi connectivity index (χ1) is 11.5. The van der Waals surface area contributed by atoms with Crippen LogP contribution in [0.3, 0.4) is 0 Å². The van der Waals surface area contributed by atoms with Gasteiger partial charge in [0.25, 0.3) is 0 Å². The number of hydrogen-bond donors (Lipinski definition) is 1. The van der Waals surface area contributed by atoms with Crippen LogP contribution in [0.2, 0.25) is 0 Å². The molecule has 0 saturated carbocycles. The molecule has 1 N–H and O–H groups in total. The first-order valence-corrected chi connectivity index (χ1v) is 9.32. The van der Waals surface area contributed by atoms with Crippen molar-refractivity contribution in [1.82, 2.24) is 15.1 Å². The fourth-order valence-electron chi connectivity index (χ4n) is 3.66. The summed E-state index contributed by atoms with van der Waals surface area (Å²) in [5, 5.41) is 3.52. The normalized spacial score (nSPS) is 22.2. The number of likely N-dealkylation sites (tertiary alicyclic amines) is 2. The maximum atomic E-state index is 11.6. The summed E-state index contributed by atoms with van der Waals surface area (Å²) in [5.74, 6) is 1.78. The summed E-state index contributed by atoms with van der Waals surface area (Å²) in [6.07, 6.45) is 4.29. The third-order valence-corrected chi connectivity index (χ3v) is 5.54. The van der Waals surface area contributed by atoms with Crippen LogP contribution in [0, 0.1) is 11.8 Å². The number of hydrogen-bond acceptors (Lipinski definition) is 4. The van der Waals surface area contributed by atoms with Crippen LogP contribution in [0.15, 0.2) is 4.99 Å². The van der Waals surface area contributed by atoms with Gasteiger partial charge in [-0.2, -0.15) is 0 Å². The molecule has 2 aliphatic heterocycles. The van der Waals surface area contributed by atoms with Crippen molar-refractivity contribution < 1.29 is 9.53 Å². The van der Waals surface area contributed by atoms with Crippen LogP contribution in [0.5, 0.6) is 0 Å². The Labute approximate surface area is 169 Å². The molecule has 0 amide bonds. The van der Waals surface area contributed by atoms with E-state index >= 15 is 0 Å². The van der Waals surface area contributed by atoms with E-state index in [0.29, 0.717) is 6.04 Å². The molecule has 2 saturated heterocycles. The monoisotopic (exact) mass is 466 g/mol. The lowest BCUT2D eigenvalue weighted by Gasteiger charge is -2.37. The van der Waals surface area contributed by atoms with Gasteiger partial charge in [0.2, 0.25) is 0 Å². The van der Waals surface area contributed by atoms with Crippen molar-refractivity contribution in [3.8, 4) is 0 Å². The lowest BCUT2D eigenvalue weighted by molar-refractivity contribution is -0.146. The van der Waals surface area contributed by atoms with Gasteiger partial charge >= 0.3 is 5.97 Å². The van der Waals surface area contributed by atoms with Crippen LogP contribution in [-0.2, 0) is 9.53 Å². The van der Waals surface area contributed by atoms with Gasteiger partial charge in [0.1, 0.15) is 0 Å². The number of aliphatic imine (C=N–C) groups is 1. The van der Waals surface area contributed by atoms with Gasteiger partial charge in [-0.15, -0.1) is 24.0 Å². The van der Waals surface area contributed by atoms with Crippen molar-refractivity contribution in [2.24, 2.45) is 16.8 Å². The topological polar surface area (TPSA) is 57.2 Å². The highest BCUT2D eigenvalue weighted by molar-refractivity contribution is 14.0. The number of carbonyl (C=O) groups is 1. The molecule has 0 aromatic rings. The Hall–Kier alpha value is -0.570. The highest BCUT2D eigenvalue weighted by Crippen LogP contribution is 2.19. The molecule has 1 atom stereocenters. The molecule has 2 fully saturated rings. The second kappa shape index (κ2) is 11.2. The molecule has 1 unspecified atom stereocenters. The molecular weight excluding hydrogens is 431 g/mol. The van der Waals surface area contributed by atoms with E-state index in [1.54, 1.807) is 0 Å². The zero-order valence-electron chi connectivity index (χ0n) is 16.2. The van der Waals surface area contributed by atoms with E-state index in [1.807, 2.05) is 7.05 Å². The Bertz CT molecular complexity index is 431. The molecule has 0 spiro atoms. The lowest BCUT2D eigenvalue weighted by atomic mass is 9.97. The van der Waals surface area contributed by atoms with E-state index in [1.165, 1.54) is 33.0 Å². The molecule has 0 aromatic carbocycles. The van der Waals surface area contributed by atoms with Gasteiger partial charge in [0.05, 0.1) is 13.0 Å². The predicted molar refractivity (Wildman–Crippen MR) is 113 cm³/mol. The van der Waals surface area contributed by atoms with E-state index < -0.39 is 0 Å². The molecule has 0 aliphatic carbocycles. The average molecular weight is 466 g/mol. The van der Waals surface area contributed by atoms with E-state index in [2.05, 4.69) is 34.0 Å². The minimum Gasteiger partial charge on any atom is -0.469 e. The molecular formula is C18H35IN4O2. The molecule has 2 heterocycles. The number of rotatable bonds is 4. The molecule has 146 valence electrons. The van der Waals surface area contributed by atoms with E-state index in [4.69, 9.17) is 4.74 Å². The Balaban J connectivity index is 0.00000312. The van der Waals surface area contributed by atoms with Crippen molar-refractivity contribution in [1.29, 1.82) is 0 Å². The Morgan fingerprint density at radius 1 is 1.20 bits per heavy atom. The predicted octanol–water partition coefficient (Wildman–Crippen LogP) is 2.19. The summed E-state index contributed by atoms with van der Waals surface area (Å²) in [7, 11) is 3.31. The number of halogens is 1. The van der Waals surface area contributed by atoms with Gasteiger partial charge in [-0.25, -0.2) is 0 Å². The molecule has 0 bridgehead atoms. The van der Waals surface area contributed by atoms with E-state index in [0.717, 1.165) is 44.4 Å². The van der Waals surface area contributed by atoms with Gasteiger partial charge < -0.3 is 15.0 Å². The highest BCUT2D eigenvalue weighted by Gasteiger charge is 2.27. The summed E-state index contributed by atoms with van der Waals surface area (Å²) in [4.78, 5) is 20.9. The van der Waals surface area contributed by atoms with Crippen molar-refractivity contribution in [3.63, 3.8) is 0 Å². The minimum absolute atomic E-state index is 0. The summed E-state index contributed by atoms with van der Waals surface area (Å²) in [6, 6.07) is 0.516. The standard InChI is InChI=1S/C18H34N4O2.HI/c1-14-5-9-21(10-6-14)15(2)13-20-18(19-3)22-11-7-16(8-12-22)17(23)24-4;/h14-16H,5-13H2,1-4H3,(H,19,20);1H. The zero-order valence-corrected chi connectivity index (χ0v) is 18.5. The Morgan fingerprint density at radius 2 is 1.80 bits per heavy atom. The number of carbonyl (C=O) groups excluding carboxylic acids is 1. The lowest BCUT2D eigenvalue weighted by Crippen LogP contribution is -2.51. The number of guanidine groups is 1. The fraction of sp³-hybridized carbons (Fsp3) is 0.889. The summed E-state index contributed by atoms with van der Waals surface area (Å²) in [6.45, 7) is 9.67. The SMILES string of the molecule is CN=C(NCC(C)N1CCC(C)CC1)N1CCC(C(=O)OC)CC1.I. The van der Waals surface area contributed by atoms with E-state index in [-0.39, 0.29) is 35.9 Å². The number of nitrogens with zero attached hydrogens (tertiary/aromatic N) is 3. The quantitative estimate of drug-likeness (QED) is 0.298. The van der Waals surface area contributed by atoms with Crippen LogP contribution in [0.4, 0.5) is 0 Å². The molecule has 6 nitrogen and oxygen atoms in total. The average Bonchev–Trinajstić information content (AvgIpc) is 2.62. The van der Waals surface area contributed by atoms with Gasteiger partial charge in [-0.1, -0.05) is 6.92 Å². The molecule has 2 aliphatic rings. The molecule has 7 heteroatoms. The summed E-state index contributed by atoms with van der Waals surface area (Å²) >= 11 is 0. The second-order valence-electron chi connectivity index (χ2n) is 7.28. The van der Waals surface area contributed by atoms with Crippen molar-refractivity contribution in [2.75, 3.05) is 46.9 Å². The smallest absolute Gasteiger partial charge is 0.308 e. The van der Waals surface area contributed by atoms with E-state index in [9.17, 15) is 4.79 Å². The van der Waals surface area contributed by atoms with Crippen LogP contribution >= 0.6 is 24.0 Å². The number of methoxy groups -OCH3 is 1. The number of nitrogens with one attached hydrogen (secondary N) is 1. The first kappa shape index (κ1) is 22.5. The number of piperidine rings is 2. The Kier molecular flexibility index (Phi) is 10.1. The van der Waals surface area contributed by atoms with Crippen LogP contribution in [-0.4, -0.2) is 74.7 Å². The molecule has 0 radical (unpaired) electrons. The first-order valence-electron chi connectivity index (χ1n) is 9.32. The van der Waals surface area contributed by atoms with Crippen molar-refractivity contribution in [2.45, 2.75) is 45.6 Å². The van der Waals surface area contributed by atoms with Crippen molar-refractivity contribution >= 4 is 35.9 Å². The molecule has 2 rings (SSSR count). The maximum absolute atomic E-state index is 11.6. The molecule has 0 aromatic heterocycles. The summed E-state index contributed by atoms with van der Waals surface area (Å²) < 4.78 is 4.86. The van der Waals surface area contributed by atoms with Crippen molar-refractivity contribution in [3.05, 3.63) is 0 Å². The molecule has 25 heavy (non-hydrogen) atoms. The maximum Gasteiger partial charge on any atom is 0.308 e. The minimum atomic E-state index is -0.0782. The zero-order chi connectivity index (χ0) is 17.5. The largest absolute Gasteiger partial charge is 0.469 e.